The molecule has 6 heteroatoms. The van der Waals surface area contributed by atoms with E-state index in [9.17, 15) is 14.9 Å². The van der Waals surface area contributed by atoms with Crippen LogP contribution in [-0.2, 0) is 4.79 Å². The largest absolute Gasteiger partial charge is 0.433 e. The minimum atomic E-state index is -0.668. The monoisotopic (exact) mass is 215 g/mol. The quantitative estimate of drug-likeness (QED) is 0.441. The molecule has 0 unspecified atom stereocenters. The Morgan fingerprint density at radius 1 is 1.64 bits per heavy atom. The molecule has 0 bridgehead atoms. The smallest absolute Gasteiger partial charge is 0.401 e. The Labute approximate surface area is 84.1 Å². The van der Waals surface area contributed by atoms with Gasteiger partial charge in [0, 0.05) is 13.0 Å². The summed E-state index contributed by atoms with van der Waals surface area (Å²) in [6.45, 7) is 1.29. The molecule has 14 heavy (non-hydrogen) atoms. The minimum Gasteiger partial charge on any atom is -0.401 e. The summed E-state index contributed by atoms with van der Waals surface area (Å²) in [6, 6.07) is 2.56. The molecule has 0 aliphatic rings. The molecule has 1 heterocycles. The molecule has 0 aliphatic carbocycles. The van der Waals surface area contributed by atoms with Gasteiger partial charge in [0.25, 0.3) is 0 Å². The first-order valence-corrected chi connectivity index (χ1v) is 4.01. The summed E-state index contributed by atoms with van der Waals surface area (Å²) >= 11 is 5.52. The van der Waals surface area contributed by atoms with Crippen molar-refractivity contribution < 1.29 is 14.1 Å². The van der Waals surface area contributed by atoms with Crippen LogP contribution in [0.4, 0.5) is 5.88 Å². The standard InChI is InChI=1S/C8H6ClNO4/c1-5(11)7(9)4-6-2-3-8(14-6)10(12)13/h2-4H,1H3. The first-order valence-electron chi connectivity index (χ1n) is 3.63. The van der Waals surface area contributed by atoms with E-state index in [-0.39, 0.29) is 22.5 Å². The van der Waals surface area contributed by atoms with E-state index in [0.717, 1.165) is 0 Å². The number of hydrogen-bond donors (Lipinski definition) is 0. The maximum Gasteiger partial charge on any atom is 0.433 e. The predicted molar refractivity (Wildman–Crippen MR) is 49.9 cm³/mol. The first-order chi connectivity index (χ1) is 6.50. The Bertz CT molecular complexity index is 407. The van der Waals surface area contributed by atoms with E-state index in [0.29, 0.717) is 0 Å². The Hall–Kier alpha value is -1.62. The summed E-state index contributed by atoms with van der Waals surface area (Å²) in [4.78, 5) is 20.3. The fraction of sp³-hybridized carbons (Fsp3) is 0.125. The van der Waals surface area contributed by atoms with Gasteiger partial charge >= 0.3 is 5.88 Å². The van der Waals surface area contributed by atoms with Crippen LogP contribution >= 0.6 is 11.6 Å². The molecule has 0 N–H and O–H groups in total. The van der Waals surface area contributed by atoms with E-state index in [4.69, 9.17) is 16.0 Å². The highest BCUT2D eigenvalue weighted by Gasteiger charge is 2.11. The van der Waals surface area contributed by atoms with Gasteiger partial charge in [-0.05, 0) is 6.07 Å². The second-order valence-electron chi connectivity index (χ2n) is 2.48. The molecule has 74 valence electrons. The number of furan rings is 1. The maximum atomic E-state index is 10.7. The fourth-order valence-electron chi connectivity index (χ4n) is 0.744. The molecule has 0 spiro atoms. The molecule has 0 radical (unpaired) electrons. The van der Waals surface area contributed by atoms with Crippen LogP contribution in [-0.4, -0.2) is 10.7 Å². The van der Waals surface area contributed by atoms with Crippen molar-refractivity contribution in [2.45, 2.75) is 6.92 Å². The number of carbonyl (C=O) groups excluding carboxylic acids is 1. The maximum absolute atomic E-state index is 10.7. The van der Waals surface area contributed by atoms with Crippen molar-refractivity contribution in [3.63, 3.8) is 0 Å². The van der Waals surface area contributed by atoms with Gasteiger partial charge in [-0.3, -0.25) is 14.9 Å². The SMILES string of the molecule is CC(=O)C(Cl)=Cc1ccc([N+](=O)[O-])o1. The average Bonchev–Trinajstić information content (AvgIpc) is 2.52. The molecule has 0 saturated heterocycles. The number of Topliss-reactive ketones (excluding diaryl/α,β-unsaturated/α-hetero) is 1. The van der Waals surface area contributed by atoms with Gasteiger partial charge in [-0.15, -0.1) is 0 Å². The first kappa shape index (κ1) is 10.5. The molecule has 1 aromatic heterocycles. The third kappa shape index (κ3) is 2.43. The van der Waals surface area contributed by atoms with Crippen molar-refractivity contribution in [1.82, 2.24) is 0 Å². The highest BCUT2D eigenvalue weighted by Crippen LogP contribution is 2.19. The normalized spacial score (nSPS) is 11.4. The average molecular weight is 216 g/mol. The van der Waals surface area contributed by atoms with Gasteiger partial charge < -0.3 is 4.42 Å². The molecule has 0 amide bonds. The van der Waals surface area contributed by atoms with Gasteiger partial charge in [0.2, 0.25) is 0 Å². The van der Waals surface area contributed by atoms with Gasteiger partial charge in [0.15, 0.2) is 5.78 Å². The van der Waals surface area contributed by atoms with Gasteiger partial charge in [-0.25, -0.2) is 0 Å². The van der Waals surface area contributed by atoms with Crippen molar-refractivity contribution in [2.24, 2.45) is 0 Å². The summed E-state index contributed by atoms with van der Waals surface area (Å²) in [7, 11) is 0. The summed E-state index contributed by atoms with van der Waals surface area (Å²) in [5, 5.41) is 10.2. The number of ketones is 1. The highest BCUT2D eigenvalue weighted by molar-refractivity contribution is 6.44. The van der Waals surface area contributed by atoms with Crippen LogP contribution in [0, 0.1) is 10.1 Å². The number of carbonyl (C=O) groups is 1. The van der Waals surface area contributed by atoms with Crippen molar-refractivity contribution >= 4 is 29.3 Å². The number of hydrogen-bond acceptors (Lipinski definition) is 4. The molecule has 0 atom stereocenters. The number of nitro groups is 1. The van der Waals surface area contributed by atoms with Crippen LogP contribution in [0.5, 0.6) is 0 Å². The molecule has 5 nitrogen and oxygen atoms in total. The Kier molecular flexibility index (Phi) is 3.03. The van der Waals surface area contributed by atoms with Crippen LogP contribution in [0.2, 0.25) is 0 Å². The Balaban J connectivity index is 2.93. The van der Waals surface area contributed by atoms with Crippen molar-refractivity contribution in [2.75, 3.05) is 0 Å². The molecule has 0 aromatic carbocycles. The molecule has 0 fully saturated rings. The van der Waals surface area contributed by atoms with E-state index in [1.807, 2.05) is 0 Å². The lowest BCUT2D eigenvalue weighted by molar-refractivity contribution is -0.402. The molecular weight excluding hydrogens is 210 g/mol. The summed E-state index contributed by atoms with van der Waals surface area (Å²) in [5.74, 6) is -0.535. The van der Waals surface area contributed by atoms with Gasteiger partial charge in [0.05, 0.1) is 11.1 Å². The number of allylic oxidation sites excluding steroid dienone is 1. The zero-order chi connectivity index (χ0) is 10.7. The van der Waals surface area contributed by atoms with Gasteiger partial charge in [0.1, 0.15) is 10.7 Å². The highest BCUT2D eigenvalue weighted by atomic mass is 35.5. The van der Waals surface area contributed by atoms with Crippen LogP contribution < -0.4 is 0 Å². The summed E-state index contributed by atoms with van der Waals surface area (Å²) < 4.78 is 4.75. The molecule has 0 aliphatic heterocycles. The van der Waals surface area contributed by atoms with Crippen molar-refractivity contribution in [3.05, 3.63) is 33.0 Å². The van der Waals surface area contributed by atoms with Crippen LogP contribution in [0.15, 0.2) is 21.6 Å². The summed E-state index contributed by atoms with van der Waals surface area (Å²) in [6.07, 6.45) is 1.23. The lowest BCUT2D eigenvalue weighted by atomic mass is 10.3. The van der Waals surface area contributed by atoms with E-state index in [2.05, 4.69) is 0 Å². The Morgan fingerprint density at radius 3 is 2.71 bits per heavy atom. The van der Waals surface area contributed by atoms with E-state index in [1.165, 1.54) is 25.1 Å². The zero-order valence-electron chi connectivity index (χ0n) is 7.19. The van der Waals surface area contributed by atoms with Gasteiger partial charge in [-0.1, -0.05) is 11.6 Å². The lowest BCUT2D eigenvalue weighted by Gasteiger charge is -1.88. The predicted octanol–water partition coefficient (Wildman–Crippen LogP) is 2.36. The summed E-state index contributed by atoms with van der Waals surface area (Å²) in [5.41, 5.74) is 0. The molecular formula is C8H6ClNO4. The van der Waals surface area contributed by atoms with E-state index >= 15 is 0 Å². The van der Waals surface area contributed by atoms with Crippen LogP contribution in [0.3, 0.4) is 0 Å². The number of nitrogens with zero attached hydrogens (tertiary/aromatic N) is 1. The second kappa shape index (κ2) is 4.06. The molecule has 1 rings (SSSR count). The number of halogens is 1. The number of rotatable bonds is 3. The zero-order valence-corrected chi connectivity index (χ0v) is 7.95. The van der Waals surface area contributed by atoms with Crippen LogP contribution in [0.25, 0.3) is 6.08 Å². The topological polar surface area (TPSA) is 73.3 Å². The van der Waals surface area contributed by atoms with Gasteiger partial charge in [-0.2, -0.15) is 0 Å². The third-order valence-corrected chi connectivity index (χ3v) is 1.77. The van der Waals surface area contributed by atoms with E-state index in [1.54, 1.807) is 0 Å². The third-order valence-electron chi connectivity index (χ3n) is 1.40. The minimum absolute atomic E-state index is 0.0331. The van der Waals surface area contributed by atoms with E-state index < -0.39 is 4.92 Å². The lowest BCUT2D eigenvalue weighted by Crippen LogP contribution is -1.87. The van der Waals surface area contributed by atoms with Crippen molar-refractivity contribution in [3.8, 4) is 0 Å². The Morgan fingerprint density at radius 2 is 2.29 bits per heavy atom. The fourth-order valence-corrected chi connectivity index (χ4v) is 0.852. The second-order valence-corrected chi connectivity index (χ2v) is 2.89. The van der Waals surface area contributed by atoms with Crippen molar-refractivity contribution in [1.29, 1.82) is 0 Å². The molecule has 1 aromatic rings. The molecule has 0 saturated carbocycles. The van der Waals surface area contributed by atoms with Crippen LogP contribution in [0.1, 0.15) is 12.7 Å².